The summed E-state index contributed by atoms with van der Waals surface area (Å²) in [6.07, 6.45) is -10.1. The number of benzene rings is 2. The Morgan fingerprint density at radius 3 is 1.54 bits per heavy atom. The molecule has 2 aliphatic rings. The van der Waals surface area contributed by atoms with Gasteiger partial charge in [-0.25, -0.2) is 0 Å². The monoisotopic (exact) mass is 1280 g/mol. The van der Waals surface area contributed by atoms with Gasteiger partial charge in [-0.1, -0.05) is 71.4 Å². The van der Waals surface area contributed by atoms with Gasteiger partial charge in [0, 0.05) is 59.8 Å². The molecule has 2 aliphatic heterocycles. The molecule has 0 aromatic heterocycles. The highest BCUT2D eigenvalue weighted by atomic mass is 16.6. The van der Waals surface area contributed by atoms with E-state index in [-0.39, 0.29) is 68.1 Å². The van der Waals surface area contributed by atoms with Gasteiger partial charge in [0.2, 0.25) is 17.7 Å². The number of aliphatic carboxylic acids is 3. The van der Waals surface area contributed by atoms with Crippen LogP contribution in [0.3, 0.4) is 0 Å². The van der Waals surface area contributed by atoms with Gasteiger partial charge in [-0.15, -0.1) is 0 Å². The minimum Gasteiger partial charge on any atom is -0.490 e. The number of cyclic esters (lactones) is 2. The summed E-state index contributed by atoms with van der Waals surface area (Å²) in [5.74, 6) is -28.5. The molecule has 2 aromatic carbocycles. The number of hydrogen-bond donors (Lipinski definition) is 4. The van der Waals surface area contributed by atoms with Crippen molar-refractivity contribution in [2.75, 3.05) is 68.5 Å². The normalized spacial score (nSPS) is 20.3. The number of carboxylic acids is 3. The molecule has 15 unspecified atom stereocenters. The number of nitrogens with zero attached hydrogens (tertiary/aromatic N) is 1. The molecule has 2 fully saturated rings. The number of methoxy groups -OCH3 is 5. The van der Waals surface area contributed by atoms with Crippen molar-refractivity contribution in [3.05, 3.63) is 65.2 Å². The fourth-order valence-corrected chi connectivity index (χ4v) is 12.1. The van der Waals surface area contributed by atoms with Gasteiger partial charge >= 0.3 is 41.8 Å². The maximum Gasteiger partial charge on any atom is 0.320 e. The molecule has 0 aliphatic carbocycles. The second kappa shape index (κ2) is 35.9. The molecule has 0 radical (unpaired) electrons. The summed E-state index contributed by atoms with van der Waals surface area (Å²) >= 11 is 0. The largest absolute Gasteiger partial charge is 0.490 e. The average molecular weight is 1280 g/mol. The molecule has 26 heteroatoms. The maximum absolute atomic E-state index is 14.9. The first-order valence-corrected chi connectivity index (χ1v) is 30.5. The van der Waals surface area contributed by atoms with Crippen LogP contribution in [0.1, 0.15) is 113 Å². The number of nitrogens with one attached hydrogen (secondary N) is 1. The number of rotatable bonds is 41. The van der Waals surface area contributed by atoms with Crippen molar-refractivity contribution >= 4 is 71.1 Å². The Morgan fingerprint density at radius 1 is 0.582 bits per heavy atom. The van der Waals surface area contributed by atoms with Crippen LogP contribution in [-0.2, 0) is 85.8 Å². The van der Waals surface area contributed by atoms with E-state index in [0.717, 1.165) is 31.8 Å². The lowest BCUT2D eigenvalue weighted by molar-refractivity contribution is -0.172. The lowest BCUT2D eigenvalue weighted by atomic mass is 9.73. The molecule has 91 heavy (non-hydrogen) atoms. The number of Topliss-reactive ketones (excluding diaryl/α,β-unsaturated/α-hetero) is 2. The van der Waals surface area contributed by atoms with Crippen LogP contribution in [0.5, 0.6) is 5.75 Å². The van der Waals surface area contributed by atoms with E-state index in [1.165, 1.54) is 52.3 Å². The van der Waals surface area contributed by atoms with Crippen molar-refractivity contribution < 1.29 is 115 Å². The third-order valence-electron chi connectivity index (χ3n) is 16.9. The highest BCUT2D eigenvalue weighted by Gasteiger charge is 2.57. The molecule has 26 nitrogen and oxygen atoms in total. The van der Waals surface area contributed by atoms with E-state index < -0.39 is 187 Å². The third kappa shape index (κ3) is 20.0. The molecule has 15 atom stereocenters. The molecule has 2 aromatic rings. The number of imide groups is 1. The summed E-state index contributed by atoms with van der Waals surface area (Å²) in [4.78, 5) is 166. The highest BCUT2D eigenvalue weighted by Crippen LogP contribution is 2.43. The molecule has 0 spiro atoms. The Bertz CT molecular complexity index is 2850. The van der Waals surface area contributed by atoms with Crippen LogP contribution < -0.4 is 10.1 Å². The number of carbonyl (C=O) groups is 12. The van der Waals surface area contributed by atoms with Crippen LogP contribution in [-0.4, -0.2) is 190 Å². The summed E-state index contributed by atoms with van der Waals surface area (Å²) in [6.45, 7) is 12.3. The predicted octanol–water partition coefficient (Wildman–Crippen LogP) is 5.30. The minimum atomic E-state index is -1.96. The van der Waals surface area contributed by atoms with Crippen LogP contribution in [0, 0.1) is 77.9 Å². The zero-order chi connectivity index (χ0) is 68.1. The Labute approximate surface area is 529 Å². The van der Waals surface area contributed by atoms with Crippen molar-refractivity contribution in [2.45, 2.75) is 124 Å². The Kier molecular flexibility index (Phi) is 30.0. The first-order valence-electron chi connectivity index (χ1n) is 30.5. The van der Waals surface area contributed by atoms with Crippen molar-refractivity contribution in [2.24, 2.45) is 71.0 Å². The van der Waals surface area contributed by atoms with E-state index in [1.807, 2.05) is 6.92 Å². The van der Waals surface area contributed by atoms with E-state index in [9.17, 15) is 72.9 Å². The summed E-state index contributed by atoms with van der Waals surface area (Å²) in [5.41, 5.74) is 1.61. The smallest absolute Gasteiger partial charge is 0.320 e. The Balaban J connectivity index is 1.69. The van der Waals surface area contributed by atoms with E-state index in [0.29, 0.717) is 5.56 Å². The highest BCUT2D eigenvalue weighted by molar-refractivity contribution is 6.13. The first kappa shape index (κ1) is 75.9. The number of carbonyl (C=O) groups excluding carboxylic acids is 9. The number of ketones is 2. The van der Waals surface area contributed by atoms with Gasteiger partial charge in [0.05, 0.1) is 103 Å². The molecule has 2 heterocycles. The van der Waals surface area contributed by atoms with E-state index in [1.54, 1.807) is 58.9 Å². The average Bonchev–Trinajstić information content (AvgIpc) is 1.70. The molecule has 2 saturated heterocycles. The van der Waals surface area contributed by atoms with Crippen LogP contribution >= 0.6 is 0 Å². The number of ether oxygens (including phenoxy) is 9. The van der Waals surface area contributed by atoms with Crippen molar-refractivity contribution in [1.29, 1.82) is 0 Å². The zero-order valence-corrected chi connectivity index (χ0v) is 54.1. The molecular formula is C65H90N2O24. The SMILES string of the molecule is CCOC(=O)C(C(CC(C(=O)O)C(C(=O)OCCOc1ccc(C(=O)CC(=O)c2ccc(C)cc2)cc1)C(CC)OC)OC)C(CC(OC)C1C(=O)N(CC(C)C)C(=O)C1CC(OC)C(C(=O)NCC(C)C)C(CC(OC)C1C(=O)OC(=O)C1C)C(=O)O)C(=O)O. The molecular weight excluding hydrogens is 1190 g/mol. The number of hydrogen-bond acceptors (Lipinski definition) is 21. The molecule has 4 N–H and O–H groups in total. The Hall–Kier alpha value is -7.52. The van der Waals surface area contributed by atoms with Gasteiger partial charge in [-0.05, 0) is 82.1 Å². The van der Waals surface area contributed by atoms with Gasteiger partial charge in [0.15, 0.2) is 11.6 Å². The molecule has 0 bridgehead atoms. The second-order valence-corrected chi connectivity index (χ2v) is 23.8. The van der Waals surface area contributed by atoms with E-state index in [2.05, 4.69) is 5.32 Å². The fourth-order valence-electron chi connectivity index (χ4n) is 12.1. The fraction of sp³-hybridized carbons (Fsp3) is 0.631. The van der Waals surface area contributed by atoms with E-state index >= 15 is 0 Å². The maximum atomic E-state index is 14.9. The van der Waals surface area contributed by atoms with Crippen molar-refractivity contribution in [3.8, 4) is 5.75 Å². The van der Waals surface area contributed by atoms with Gasteiger partial charge in [0.1, 0.15) is 19.0 Å². The molecule has 504 valence electrons. The topological polar surface area (TPSA) is 364 Å². The summed E-state index contributed by atoms with van der Waals surface area (Å²) in [5, 5.41) is 35.8. The Morgan fingerprint density at radius 2 is 1.08 bits per heavy atom. The van der Waals surface area contributed by atoms with Crippen molar-refractivity contribution in [3.63, 3.8) is 0 Å². The number of aryl methyl sites for hydroxylation is 1. The standard InChI is InChI=1S/C65H90N2O24/c1-14-46(83-9)54(64(81)90-25-24-89-39-22-20-38(21-23-39)45(69)30-44(68)37-18-16-35(7)17-19-37)42(60(75)76)29-50(87-13)55(63(80)88-15-2)43(61(77)78)28-49(86-12)53-40(57(71)67(58(53)72)32-34(5)6)26-48(85-11)52(56(70)66-31-33(3)4)41(59(73)74)27-47(84-10)51-36(8)62(79)91-65(51)82/h16-23,33-34,36,40-43,46-55H,14-15,24-32H2,1-13H3,(H,66,70)(H,73,74)(H,75,76)(H,77,78). The lowest BCUT2D eigenvalue weighted by Crippen LogP contribution is -2.49. The minimum absolute atomic E-state index is 0.0510. The first-order chi connectivity index (χ1) is 43.0. The molecule has 4 rings (SSSR count). The zero-order valence-electron chi connectivity index (χ0n) is 54.1. The van der Waals surface area contributed by atoms with Gasteiger partial charge in [0.25, 0.3) is 0 Å². The summed E-state index contributed by atoms with van der Waals surface area (Å²) in [6, 6.07) is 12.7. The van der Waals surface area contributed by atoms with Gasteiger partial charge in [-0.3, -0.25) is 62.4 Å². The predicted molar refractivity (Wildman–Crippen MR) is 321 cm³/mol. The third-order valence-corrected chi connectivity index (χ3v) is 16.9. The summed E-state index contributed by atoms with van der Waals surface area (Å²) < 4.78 is 50.6. The lowest BCUT2D eigenvalue weighted by Gasteiger charge is -2.36. The van der Waals surface area contributed by atoms with Gasteiger partial charge < -0.3 is 63.3 Å². The number of amides is 3. The quantitative estimate of drug-likeness (QED) is 0.0164. The second-order valence-electron chi connectivity index (χ2n) is 23.8. The van der Waals surface area contributed by atoms with Crippen molar-refractivity contribution in [1.82, 2.24) is 10.2 Å². The number of esters is 4. The summed E-state index contributed by atoms with van der Waals surface area (Å²) in [7, 11) is 5.82. The van der Waals surface area contributed by atoms with Crippen LogP contribution in [0.25, 0.3) is 0 Å². The van der Waals surface area contributed by atoms with Crippen LogP contribution in [0.4, 0.5) is 0 Å². The van der Waals surface area contributed by atoms with Crippen LogP contribution in [0.15, 0.2) is 48.5 Å². The van der Waals surface area contributed by atoms with E-state index in [4.69, 9.17) is 42.6 Å². The van der Waals surface area contributed by atoms with Crippen LogP contribution in [0.2, 0.25) is 0 Å². The van der Waals surface area contributed by atoms with Gasteiger partial charge in [-0.2, -0.15) is 0 Å². The number of likely N-dealkylation sites (tertiary alicyclic amines) is 1. The number of carboxylic acid groups (broad SMARTS) is 3. The molecule has 0 saturated carbocycles. The molecule has 3 amide bonds.